The van der Waals surface area contributed by atoms with Crippen molar-refractivity contribution in [3.63, 3.8) is 0 Å². The minimum absolute atomic E-state index is 0.0825. The summed E-state index contributed by atoms with van der Waals surface area (Å²) in [5.74, 6) is 0.608. The Morgan fingerprint density at radius 3 is 2.57 bits per heavy atom. The summed E-state index contributed by atoms with van der Waals surface area (Å²) in [6.45, 7) is 0.537. The van der Waals surface area contributed by atoms with Crippen LogP contribution in [0.5, 0.6) is 5.75 Å². The van der Waals surface area contributed by atoms with E-state index in [9.17, 15) is 4.79 Å². The van der Waals surface area contributed by atoms with E-state index >= 15 is 0 Å². The van der Waals surface area contributed by atoms with Crippen LogP contribution in [-0.4, -0.2) is 19.7 Å². The third-order valence-corrected chi connectivity index (χ3v) is 2.45. The van der Waals surface area contributed by atoms with E-state index in [1.165, 1.54) is 0 Å². The molecule has 1 aromatic rings. The number of cyclic esters (lactones) is 1. The van der Waals surface area contributed by atoms with Crippen molar-refractivity contribution < 1.29 is 14.3 Å². The maximum Gasteiger partial charge on any atom is 0.313 e. The van der Waals surface area contributed by atoms with Crippen LogP contribution in [0.3, 0.4) is 0 Å². The lowest BCUT2D eigenvalue weighted by atomic mass is 9.98. The van der Waals surface area contributed by atoms with Crippen LogP contribution in [0.1, 0.15) is 17.9 Å². The molecule has 0 aliphatic carbocycles. The number of ether oxygens (including phenoxy) is 2. The fourth-order valence-corrected chi connectivity index (χ4v) is 1.63. The molecule has 1 aliphatic rings. The molecule has 1 fully saturated rings. The number of carbonyl (C=O) groups is 1. The van der Waals surface area contributed by atoms with Crippen LogP contribution in [0.25, 0.3) is 0 Å². The van der Waals surface area contributed by atoms with Crippen molar-refractivity contribution in [3.05, 3.63) is 29.8 Å². The molecule has 0 bridgehead atoms. The van der Waals surface area contributed by atoms with E-state index in [1.807, 2.05) is 24.3 Å². The zero-order valence-corrected chi connectivity index (χ0v) is 8.03. The first-order valence-corrected chi connectivity index (χ1v) is 4.62. The normalized spacial score (nSPS) is 20.6. The molecule has 1 aliphatic heterocycles. The molecule has 0 saturated carbocycles. The highest BCUT2D eigenvalue weighted by Gasteiger charge is 2.27. The summed E-state index contributed by atoms with van der Waals surface area (Å²) in [4.78, 5) is 11.3. The predicted molar refractivity (Wildman–Crippen MR) is 51.3 cm³/mol. The van der Waals surface area contributed by atoms with Gasteiger partial charge in [0.2, 0.25) is 0 Å². The van der Waals surface area contributed by atoms with Crippen molar-refractivity contribution in [3.8, 4) is 5.75 Å². The number of rotatable bonds is 2. The van der Waals surface area contributed by atoms with Crippen molar-refractivity contribution in [1.82, 2.24) is 0 Å². The van der Waals surface area contributed by atoms with Crippen molar-refractivity contribution >= 4 is 5.97 Å². The fraction of sp³-hybridized carbons (Fsp3) is 0.364. The van der Waals surface area contributed by atoms with Gasteiger partial charge in [0.25, 0.3) is 0 Å². The van der Waals surface area contributed by atoms with E-state index in [0.717, 1.165) is 17.7 Å². The van der Waals surface area contributed by atoms with Crippen LogP contribution >= 0.6 is 0 Å². The van der Waals surface area contributed by atoms with Gasteiger partial charge in [0.15, 0.2) is 0 Å². The summed E-state index contributed by atoms with van der Waals surface area (Å²) in [7, 11) is 1.62. The van der Waals surface area contributed by atoms with Crippen LogP contribution in [0, 0.1) is 0 Å². The Morgan fingerprint density at radius 2 is 2.07 bits per heavy atom. The standard InChI is InChI=1S/C11H12O3/c1-13-9-4-2-8(3-5-9)10-6-7-14-11(10)12/h2-5,10H,6-7H2,1H3/t10-/m0/s1. The Hall–Kier alpha value is -1.51. The molecule has 0 amide bonds. The monoisotopic (exact) mass is 192 g/mol. The number of carbonyl (C=O) groups excluding carboxylic acids is 1. The van der Waals surface area contributed by atoms with E-state index in [1.54, 1.807) is 7.11 Å². The van der Waals surface area contributed by atoms with E-state index in [2.05, 4.69) is 0 Å². The average molecular weight is 192 g/mol. The van der Waals surface area contributed by atoms with Gasteiger partial charge >= 0.3 is 5.97 Å². The number of hydrogen-bond donors (Lipinski definition) is 0. The SMILES string of the molecule is COc1ccc([C@@H]2CCOC2=O)cc1. The second-order valence-electron chi connectivity index (χ2n) is 3.28. The quantitative estimate of drug-likeness (QED) is 0.669. The smallest absolute Gasteiger partial charge is 0.313 e. The maximum absolute atomic E-state index is 11.3. The van der Waals surface area contributed by atoms with Gasteiger partial charge in [-0.15, -0.1) is 0 Å². The summed E-state index contributed by atoms with van der Waals surface area (Å²) >= 11 is 0. The van der Waals surface area contributed by atoms with Crippen molar-refractivity contribution in [2.75, 3.05) is 13.7 Å². The van der Waals surface area contributed by atoms with E-state index in [4.69, 9.17) is 9.47 Å². The number of esters is 1. The molecule has 0 spiro atoms. The molecule has 1 heterocycles. The first-order valence-electron chi connectivity index (χ1n) is 4.62. The molecule has 2 rings (SSSR count). The van der Waals surface area contributed by atoms with Crippen LogP contribution < -0.4 is 4.74 Å². The Kier molecular flexibility index (Phi) is 2.39. The molecule has 3 heteroatoms. The van der Waals surface area contributed by atoms with Crippen LogP contribution in [0.15, 0.2) is 24.3 Å². The van der Waals surface area contributed by atoms with Gasteiger partial charge in [0, 0.05) is 0 Å². The van der Waals surface area contributed by atoms with Gasteiger partial charge < -0.3 is 9.47 Å². The maximum atomic E-state index is 11.3. The average Bonchev–Trinajstić information content (AvgIpc) is 2.65. The fourth-order valence-electron chi connectivity index (χ4n) is 1.63. The molecule has 0 aromatic heterocycles. The van der Waals surface area contributed by atoms with E-state index in [0.29, 0.717) is 6.61 Å². The van der Waals surface area contributed by atoms with Crippen molar-refractivity contribution in [1.29, 1.82) is 0 Å². The number of methoxy groups -OCH3 is 1. The van der Waals surface area contributed by atoms with Gasteiger partial charge in [-0.25, -0.2) is 0 Å². The Morgan fingerprint density at radius 1 is 1.36 bits per heavy atom. The van der Waals surface area contributed by atoms with Gasteiger partial charge in [-0.05, 0) is 24.1 Å². The molecule has 1 aromatic carbocycles. The third kappa shape index (κ3) is 1.58. The molecule has 14 heavy (non-hydrogen) atoms. The van der Waals surface area contributed by atoms with Gasteiger partial charge in [-0.1, -0.05) is 12.1 Å². The molecule has 1 saturated heterocycles. The summed E-state index contributed by atoms with van der Waals surface area (Å²) in [5, 5.41) is 0. The van der Waals surface area contributed by atoms with Gasteiger partial charge in [0.05, 0.1) is 19.6 Å². The number of benzene rings is 1. The molecule has 1 atom stereocenters. The summed E-state index contributed by atoms with van der Waals surface area (Å²) in [6.07, 6.45) is 0.783. The minimum Gasteiger partial charge on any atom is -0.497 e. The largest absolute Gasteiger partial charge is 0.497 e. The highest BCUT2D eigenvalue weighted by molar-refractivity contribution is 5.79. The second-order valence-corrected chi connectivity index (χ2v) is 3.28. The van der Waals surface area contributed by atoms with E-state index < -0.39 is 0 Å². The molecule has 74 valence electrons. The molecular formula is C11H12O3. The topological polar surface area (TPSA) is 35.5 Å². The highest BCUT2D eigenvalue weighted by atomic mass is 16.5. The van der Waals surface area contributed by atoms with Gasteiger partial charge in [-0.2, -0.15) is 0 Å². The Labute approximate surface area is 82.6 Å². The molecule has 0 N–H and O–H groups in total. The van der Waals surface area contributed by atoms with Gasteiger partial charge in [-0.3, -0.25) is 4.79 Å². The van der Waals surface area contributed by atoms with Crippen molar-refractivity contribution in [2.24, 2.45) is 0 Å². The van der Waals surface area contributed by atoms with Gasteiger partial charge in [0.1, 0.15) is 5.75 Å². The zero-order valence-electron chi connectivity index (χ0n) is 8.03. The van der Waals surface area contributed by atoms with E-state index in [-0.39, 0.29) is 11.9 Å². The first-order chi connectivity index (χ1) is 6.81. The Balaban J connectivity index is 2.20. The predicted octanol–water partition coefficient (Wildman–Crippen LogP) is 1.73. The molecular weight excluding hydrogens is 180 g/mol. The third-order valence-electron chi connectivity index (χ3n) is 2.45. The van der Waals surface area contributed by atoms with Crippen molar-refractivity contribution in [2.45, 2.75) is 12.3 Å². The molecule has 3 nitrogen and oxygen atoms in total. The second kappa shape index (κ2) is 3.70. The highest BCUT2D eigenvalue weighted by Crippen LogP contribution is 2.27. The zero-order chi connectivity index (χ0) is 9.97. The van der Waals surface area contributed by atoms with Crippen LogP contribution in [-0.2, 0) is 9.53 Å². The lowest BCUT2D eigenvalue weighted by molar-refractivity contribution is -0.139. The Bertz CT molecular complexity index is 329. The lowest BCUT2D eigenvalue weighted by Gasteiger charge is -2.06. The first kappa shape index (κ1) is 9.06. The van der Waals surface area contributed by atoms with Crippen LogP contribution in [0.2, 0.25) is 0 Å². The lowest BCUT2D eigenvalue weighted by Crippen LogP contribution is -2.05. The summed E-state index contributed by atoms with van der Waals surface area (Å²) in [6, 6.07) is 7.55. The molecule has 0 radical (unpaired) electrons. The minimum atomic E-state index is -0.116. The molecule has 0 unspecified atom stereocenters. The van der Waals surface area contributed by atoms with Crippen LogP contribution in [0.4, 0.5) is 0 Å². The summed E-state index contributed by atoms with van der Waals surface area (Å²) < 4.78 is 9.95. The summed E-state index contributed by atoms with van der Waals surface area (Å²) in [5.41, 5.74) is 1.01. The number of hydrogen-bond acceptors (Lipinski definition) is 3.